The Morgan fingerprint density at radius 1 is 0.435 bits per heavy atom. The molecule has 0 bridgehead atoms. The standard InChI is InChI=1S/C41H34N4O15S2/c1-57-37(48)23-9-24(38(49)58-2)14-29(13-23)44-61(53,54)31-17-21-11-27(5-7-33(21)35(46)19-31)42-41(52)43-28-6-8-34-22(12-28)18-32(20-36(34)47)62(55,56)45-30-15-25(39(50)59-3)10-26(16-30)40(51)60-4/h5-20,44-47H,1-4H3,(H2,42,43,52). The number of carbonyl (C=O) groups is 5. The number of aromatic hydroxyl groups is 2. The molecule has 0 aliphatic rings. The van der Waals surface area contributed by atoms with E-state index in [9.17, 15) is 51.0 Å². The lowest BCUT2D eigenvalue weighted by Crippen LogP contribution is -2.19. The van der Waals surface area contributed by atoms with Crippen molar-refractivity contribution in [2.45, 2.75) is 9.79 Å². The summed E-state index contributed by atoms with van der Waals surface area (Å²) in [4.78, 5) is 61.2. The minimum absolute atomic E-state index is 0.144. The molecule has 0 radical (unpaired) electrons. The normalized spacial score (nSPS) is 11.3. The van der Waals surface area contributed by atoms with Crippen molar-refractivity contribution in [3.8, 4) is 11.5 Å². The zero-order valence-corrected chi connectivity index (χ0v) is 34.4. The van der Waals surface area contributed by atoms with Crippen LogP contribution in [0.3, 0.4) is 0 Å². The number of anilines is 4. The van der Waals surface area contributed by atoms with E-state index in [4.69, 9.17) is 18.9 Å². The third kappa shape index (κ3) is 9.43. The number of rotatable bonds is 12. The fourth-order valence-electron chi connectivity index (χ4n) is 6.15. The number of nitrogens with one attached hydrogen (secondary N) is 4. The number of phenolic OH excluding ortho intramolecular Hbond substituents is 2. The number of sulfonamides is 2. The molecule has 6 rings (SSSR count). The summed E-state index contributed by atoms with van der Waals surface area (Å²) in [5, 5.41) is 27.6. The first-order chi connectivity index (χ1) is 29.3. The lowest BCUT2D eigenvalue weighted by molar-refractivity contribution is 0.0581. The van der Waals surface area contributed by atoms with Crippen molar-refractivity contribution >= 4 is 94.2 Å². The van der Waals surface area contributed by atoms with Gasteiger partial charge >= 0.3 is 29.9 Å². The van der Waals surface area contributed by atoms with E-state index in [1.54, 1.807) is 0 Å². The largest absolute Gasteiger partial charge is 0.507 e. The molecule has 0 saturated carbocycles. The monoisotopic (exact) mass is 886 g/mol. The maximum Gasteiger partial charge on any atom is 0.337 e. The molecule has 62 heavy (non-hydrogen) atoms. The van der Waals surface area contributed by atoms with Gasteiger partial charge in [0.05, 0.1) is 71.9 Å². The predicted octanol–water partition coefficient (Wildman–Crippen LogP) is 5.80. The molecule has 0 spiro atoms. The smallest absolute Gasteiger partial charge is 0.337 e. The SMILES string of the molecule is COC(=O)c1cc(NS(=O)(=O)c2cc(O)c3ccc(NC(=O)Nc4ccc5c(O)cc(S(=O)(=O)Nc6cc(C(=O)OC)cc(C(=O)OC)c6)cc5c4)cc3c2)cc(C(=O)OC)c1. The molecule has 0 heterocycles. The highest BCUT2D eigenvalue weighted by atomic mass is 32.2. The summed E-state index contributed by atoms with van der Waals surface area (Å²) in [6.45, 7) is 0. The zero-order chi connectivity index (χ0) is 45.1. The Morgan fingerprint density at radius 2 is 0.758 bits per heavy atom. The van der Waals surface area contributed by atoms with E-state index in [-0.39, 0.29) is 66.5 Å². The van der Waals surface area contributed by atoms with Gasteiger partial charge in [-0.05, 0) is 95.7 Å². The number of benzene rings is 6. The van der Waals surface area contributed by atoms with Gasteiger partial charge in [-0.2, -0.15) is 0 Å². The van der Waals surface area contributed by atoms with Crippen LogP contribution in [0.5, 0.6) is 11.5 Å². The molecule has 0 aliphatic heterocycles. The number of hydrogen-bond donors (Lipinski definition) is 6. The van der Waals surface area contributed by atoms with E-state index in [0.717, 1.165) is 77.0 Å². The van der Waals surface area contributed by atoms with Crippen LogP contribution >= 0.6 is 0 Å². The Balaban J connectivity index is 1.22. The van der Waals surface area contributed by atoms with Crippen molar-refractivity contribution in [2.75, 3.05) is 48.5 Å². The molecule has 2 amide bonds. The fourth-order valence-corrected chi connectivity index (χ4v) is 8.34. The molecule has 0 atom stereocenters. The van der Waals surface area contributed by atoms with Gasteiger partial charge in [0.2, 0.25) is 0 Å². The van der Waals surface area contributed by atoms with Crippen LogP contribution in [0.2, 0.25) is 0 Å². The third-order valence-electron chi connectivity index (χ3n) is 9.00. The van der Waals surface area contributed by atoms with Crippen LogP contribution in [-0.4, -0.2) is 85.4 Å². The van der Waals surface area contributed by atoms with E-state index < -0.39 is 71.2 Å². The molecule has 0 aliphatic carbocycles. The van der Waals surface area contributed by atoms with Gasteiger partial charge in [0.25, 0.3) is 20.0 Å². The quantitative estimate of drug-likeness (QED) is 0.0626. The van der Waals surface area contributed by atoms with E-state index in [0.29, 0.717) is 0 Å². The van der Waals surface area contributed by atoms with E-state index in [1.807, 2.05) is 0 Å². The van der Waals surface area contributed by atoms with Crippen LogP contribution in [0.25, 0.3) is 21.5 Å². The van der Waals surface area contributed by atoms with Crippen molar-refractivity contribution in [2.24, 2.45) is 0 Å². The van der Waals surface area contributed by atoms with Gasteiger partial charge in [-0.25, -0.2) is 40.8 Å². The Labute approximate surface area is 352 Å². The maximum atomic E-state index is 13.5. The molecule has 21 heteroatoms. The average molecular weight is 887 g/mol. The minimum atomic E-state index is -4.47. The molecular formula is C41H34N4O15S2. The molecule has 0 saturated heterocycles. The van der Waals surface area contributed by atoms with Crippen molar-refractivity contribution in [3.05, 3.63) is 119 Å². The van der Waals surface area contributed by atoms with E-state index >= 15 is 0 Å². The molecule has 0 aromatic heterocycles. The highest BCUT2D eigenvalue weighted by Crippen LogP contribution is 2.34. The number of ether oxygens (including phenoxy) is 4. The van der Waals surface area contributed by atoms with Gasteiger partial charge in [0, 0.05) is 34.3 Å². The third-order valence-corrected chi connectivity index (χ3v) is 11.7. The maximum absolute atomic E-state index is 13.5. The summed E-state index contributed by atoms with van der Waals surface area (Å²) in [6.07, 6.45) is 0. The summed E-state index contributed by atoms with van der Waals surface area (Å²) < 4.78 is 77.4. The van der Waals surface area contributed by atoms with Gasteiger partial charge in [-0.1, -0.05) is 0 Å². The number of methoxy groups -OCH3 is 4. The molecular weight excluding hydrogens is 853 g/mol. The van der Waals surface area contributed by atoms with E-state index in [1.165, 1.54) is 48.5 Å². The zero-order valence-electron chi connectivity index (χ0n) is 32.8. The number of carbonyl (C=O) groups excluding carboxylic acids is 5. The summed E-state index contributed by atoms with van der Waals surface area (Å²) in [5.74, 6) is -4.24. The van der Waals surface area contributed by atoms with Crippen molar-refractivity contribution in [1.82, 2.24) is 0 Å². The number of amides is 2. The molecule has 6 N–H and O–H groups in total. The molecule has 320 valence electrons. The first-order valence-electron chi connectivity index (χ1n) is 17.7. The molecule has 0 unspecified atom stereocenters. The van der Waals surface area contributed by atoms with Crippen LogP contribution in [0.15, 0.2) is 107 Å². The van der Waals surface area contributed by atoms with Crippen LogP contribution < -0.4 is 20.1 Å². The summed E-state index contributed by atoms with van der Waals surface area (Å²) in [5.41, 5.74) is -0.619. The first kappa shape index (κ1) is 43.7. The fraction of sp³-hybridized carbons (Fsp3) is 0.0976. The summed E-state index contributed by atoms with van der Waals surface area (Å²) >= 11 is 0. The number of urea groups is 1. The Morgan fingerprint density at radius 3 is 1.06 bits per heavy atom. The van der Waals surface area contributed by atoms with Crippen molar-refractivity contribution in [3.63, 3.8) is 0 Å². The Hall–Kier alpha value is -7.91. The Kier molecular flexibility index (Phi) is 12.2. The van der Waals surface area contributed by atoms with Gasteiger partial charge in [-0.3, -0.25) is 9.44 Å². The summed E-state index contributed by atoms with van der Waals surface area (Å²) in [6, 6.07) is 19.1. The van der Waals surface area contributed by atoms with Gasteiger partial charge in [0.15, 0.2) is 0 Å². The lowest BCUT2D eigenvalue weighted by Gasteiger charge is -2.14. The number of fused-ring (bicyclic) bond motifs is 2. The topological polar surface area (TPSA) is 279 Å². The second kappa shape index (κ2) is 17.4. The second-order valence-corrected chi connectivity index (χ2v) is 16.5. The van der Waals surface area contributed by atoms with Crippen LogP contribution in [-0.2, 0) is 39.0 Å². The lowest BCUT2D eigenvalue weighted by atomic mass is 10.1. The van der Waals surface area contributed by atoms with Crippen molar-refractivity contribution < 1.29 is 70.0 Å². The highest BCUT2D eigenvalue weighted by Gasteiger charge is 2.23. The minimum Gasteiger partial charge on any atom is -0.507 e. The van der Waals surface area contributed by atoms with E-state index in [2.05, 4.69) is 20.1 Å². The number of hydrogen-bond acceptors (Lipinski definition) is 15. The van der Waals surface area contributed by atoms with Crippen LogP contribution in [0, 0.1) is 0 Å². The number of esters is 4. The van der Waals surface area contributed by atoms with Gasteiger partial charge in [-0.15, -0.1) is 0 Å². The number of phenols is 2. The molecule has 6 aromatic rings. The second-order valence-electron chi connectivity index (χ2n) is 13.1. The van der Waals surface area contributed by atoms with Crippen LogP contribution in [0.4, 0.5) is 27.5 Å². The molecule has 6 aromatic carbocycles. The average Bonchev–Trinajstić information content (AvgIpc) is 3.24. The highest BCUT2D eigenvalue weighted by molar-refractivity contribution is 7.93. The Bertz CT molecular complexity index is 2810. The van der Waals surface area contributed by atoms with Gasteiger partial charge in [0.1, 0.15) is 11.5 Å². The van der Waals surface area contributed by atoms with Crippen molar-refractivity contribution in [1.29, 1.82) is 0 Å². The predicted molar refractivity (Wildman–Crippen MR) is 224 cm³/mol. The molecule has 19 nitrogen and oxygen atoms in total. The molecule has 0 fully saturated rings. The first-order valence-corrected chi connectivity index (χ1v) is 20.6. The summed E-state index contributed by atoms with van der Waals surface area (Å²) in [7, 11) is -4.52. The van der Waals surface area contributed by atoms with Gasteiger partial charge < -0.3 is 39.8 Å². The van der Waals surface area contributed by atoms with Crippen LogP contribution in [0.1, 0.15) is 41.4 Å².